The minimum atomic E-state index is -1.82. The van der Waals surface area contributed by atoms with Crippen LogP contribution in [0, 0.1) is 0 Å². The van der Waals surface area contributed by atoms with E-state index < -0.39 is 24.0 Å². The average molecular weight is 202 g/mol. The summed E-state index contributed by atoms with van der Waals surface area (Å²) in [7, 11) is 0. The number of carbonyl (C=O) groups is 2. The van der Waals surface area contributed by atoms with E-state index in [2.05, 4.69) is 0 Å². The van der Waals surface area contributed by atoms with E-state index in [1.165, 1.54) is 4.90 Å². The molecule has 0 aromatic rings. The summed E-state index contributed by atoms with van der Waals surface area (Å²) in [5.74, 6) is -1.72. The van der Waals surface area contributed by atoms with Crippen molar-refractivity contribution in [2.45, 2.75) is 25.0 Å². The molecule has 0 unspecified atom stereocenters. The molecule has 0 saturated carbocycles. The Labute approximate surface area is 81.3 Å². The molecule has 2 atom stereocenters. The predicted octanol–water partition coefficient (Wildman–Crippen LogP) is -2.18. The van der Waals surface area contributed by atoms with E-state index in [1.807, 2.05) is 0 Å². The van der Waals surface area contributed by atoms with Gasteiger partial charge in [0, 0.05) is 13.1 Å². The first-order valence-electron chi connectivity index (χ1n) is 4.48. The van der Waals surface area contributed by atoms with Crippen molar-refractivity contribution < 1.29 is 19.8 Å². The zero-order valence-electron chi connectivity index (χ0n) is 7.72. The number of nitrogens with zero attached hydrogens (tertiary/aromatic N) is 1. The summed E-state index contributed by atoms with van der Waals surface area (Å²) in [4.78, 5) is 23.3. The largest absolute Gasteiger partial charge is 0.380 e. The molecule has 2 amide bonds. The van der Waals surface area contributed by atoms with Gasteiger partial charge >= 0.3 is 0 Å². The Kier molecular flexibility index (Phi) is 3.43. The normalized spacial score (nSPS) is 20.6. The molecule has 0 aromatic heterocycles. The first-order valence-corrected chi connectivity index (χ1v) is 4.48. The molecule has 6 nitrogen and oxygen atoms in total. The average Bonchev–Trinajstić information content (AvgIpc) is 2.67. The fourth-order valence-electron chi connectivity index (χ4n) is 1.42. The van der Waals surface area contributed by atoms with Crippen molar-refractivity contribution >= 4 is 11.8 Å². The third-order valence-electron chi connectivity index (χ3n) is 2.26. The fourth-order valence-corrected chi connectivity index (χ4v) is 1.42. The van der Waals surface area contributed by atoms with Crippen molar-refractivity contribution in [3.05, 3.63) is 0 Å². The number of primary amides is 1. The maximum Gasteiger partial charge on any atom is 0.254 e. The SMILES string of the molecule is NC(=O)[C@H](O)[C@@H](O)C(=O)N1CCCC1. The summed E-state index contributed by atoms with van der Waals surface area (Å²) in [6.45, 7) is 1.11. The number of likely N-dealkylation sites (tertiary alicyclic amines) is 1. The minimum absolute atomic E-state index is 0.557. The molecule has 1 saturated heterocycles. The highest BCUT2D eigenvalue weighted by molar-refractivity contribution is 5.89. The number of aliphatic hydroxyl groups excluding tert-OH is 2. The Morgan fingerprint density at radius 1 is 1.14 bits per heavy atom. The molecule has 0 bridgehead atoms. The summed E-state index contributed by atoms with van der Waals surface area (Å²) >= 11 is 0. The van der Waals surface area contributed by atoms with Crippen molar-refractivity contribution in [1.29, 1.82) is 0 Å². The number of nitrogens with two attached hydrogens (primary N) is 1. The molecule has 0 spiro atoms. The third kappa shape index (κ3) is 2.21. The van der Waals surface area contributed by atoms with Crippen molar-refractivity contribution in [3.63, 3.8) is 0 Å². The molecule has 0 radical (unpaired) electrons. The quantitative estimate of drug-likeness (QED) is 0.483. The Hall–Kier alpha value is -1.14. The number of rotatable bonds is 3. The van der Waals surface area contributed by atoms with Crippen molar-refractivity contribution in [3.8, 4) is 0 Å². The summed E-state index contributed by atoms with van der Waals surface area (Å²) in [5, 5.41) is 18.3. The maximum absolute atomic E-state index is 11.4. The molecular weight excluding hydrogens is 188 g/mol. The molecular formula is C8H14N2O4. The van der Waals surface area contributed by atoms with Crippen LogP contribution >= 0.6 is 0 Å². The van der Waals surface area contributed by atoms with Gasteiger partial charge in [-0.05, 0) is 12.8 Å². The highest BCUT2D eigenvalue weighted by Crippen LogP contribution is 2.10. The van der Waals surface area contributed by atoms with Gasteiger partial charge < -0.3 is 20.8 Å². The van der Waals surface area contributed by atoms with Crippen LogP contribution < -0.4 is 5.73 Å². The van der Waals surface area contributed by atoms with Crippen molar-refractivity contribution in [1.82, 2.24) is 4.90 Å². The Balaban J connectivity index is 2.54. The minimum Gasteiger partial charge on any atom is -0.380 e. The van der Waals surface area contributed by atoms with E-state index >= 15 is 0 Å². The predicted molar refractivity (Wildman–Crippen MR) is 47.0 cm³/mol. The molecule has 6 heteroatoms. The summed E-state index contributed by atoms with van der Waals surface area (Å²) in [6.07, 6.45) is -1.79. The van der Waals surface area contributed by atoms with Crippen LogP contribution in [0.3, 0.4) is 0 Å². The smallest absolute Gasteiger partial charge is 0.254 e. The summed E-state index contributed by atoms with van der Waals surface area (Å²) in [5.41, 5.74) is 4.75. The highest BCUT2D eigenvalue weighted by atomic mass is 16.3. The van der Waals surface area contributed by atoms with Crippen LogP contribution in [-0.2, 0) is 9.59 Å². The Morgan fingerprint density at radius 2 is 1.64 bits per heavy atom. The van der Waals surface area contributed by atoms with Gasteiger partial charge in [-0.3, -0.25) is 9.59 Å². The van der Waals surface area contributed by atoms with Crippen LogP contribution in [0.15, 0.2) is 0 Å². The fraction of sp³-hybridized carbons (Fsp3) is 0.750. The van der Waals surface area contributed by atoms with Gasteiger partial charge in [0.2, 0.25) is 5.91 Å². The molecule has 0 aliphatic carbocycles. The molecule has 1 rings (SSSR count). The van der Waals surface area contributed by atoms with E-state index in [9.17, 15) is 14.7 Å². The zero-order valence-corrected chi connectivity index (χ0v) is 7.72. The van der Waals surface area contributed by atoms with Gasteiger partial charge in [0.1, 0.15) is 0 Å². The second-order valence-corrected chi connectivity index (χ2v) is 3.32. The van der Waals surface area contributed by atoms with Crippen LogP contribution in [0.4, 0.5) is 0 Å². The van der Waals surface area contributed by atoms with Gasteiger partial charge in [-0.1, -0.05) is 0 Å². The van der Waals surface area contributed by atoms with Gasteiger partial charge in [-0.25, -0.2) is 0 Å². The summed E-state index contributed by atoms with van der Waals surface area (Å²) in [6, 6.07) is 0. The van der Waals surface area contributed by atoms with Crippen LogP contribution in [0.2, 0.25) is 0 Å². The van der Waals surface area contributed by atoms with Crippen molar-refractivity contribution in [2.24, 2.45) is 5.73 Å². The zero-order chi connectivity index (χ0) is 10.7. The van der Waals surface area contributed by atoms with Gasteiger partial charge in [-0.15, -0.1) is 0 Å². The Morgan fingerprint density at radius 3 is 2.07 bits per heavy atom. The second-order valence-electron chi connectivity index (χ2n) is 3.32. The second kappa shape index (κ2) is 4.39. The standard InChI is InChI=1S/C8H14N2O4/c9-7(13)5(11)6(12)8(14)10-3-1-2-4-10/h5-6,11-12H,1-4H2,(H2,9,13)/t5-,6-/m1/s1. The first kappa shape index (κ1) is 10.9. The number of aliphatic hydroxyl groups is 2. The molecule has 1 heterocycles. The lowest BCUT2D eigenvalue weighted by Crippen LogP contribution is -2.48. The molecule has 80 valence electrons. The number of hydrogen-bond donors (Lipinski definition) is 3. The van der Waals surface area contributed by atoms with Crippen molar-refractivity contribution in [2.75, 3.05) is 13.1 Å². The van der Waals surface area contributed by atoms with E-state index in [0.29, 0.717) is 13.1 Å². The van der Waals surface area contributed by atoms with Gasteiger partial charge in [-0.2, -0.15) is 0 Å². The van der Waals surface area contributed by atoms with E-state index in [1.54, 1.807) is 0 Å². The molecule has 0 aromatic carbocycles. The first-order chi connectivity index (χ1) is 6.54. The lowest BCUT2D eigenvalue weighted by atomic mass is 10.1. The monoisotopic (exact) mass is 202 g/mol. The topological polar surface area (TPSA) is 104 Å². The molecule has 4 N–H and O–H groups in total. The highest BCUT2D eigenvalue weighted by Gasteiger charge is 2.32. The molecule has 14 heavy (non-hydrogen) atoms. The number of hydrogen-bond acceptors (Lipinski definition) is 4. The Bertz CT molecular complexity index is 237. The van der Waals surface area contributed by atoms with Crippen LogP contribution in [0.5, 0.6) is 0 Å². The molecule has 1 aliphatic heterocycles. The lowest BCUT2D eigenvalue weighted by molar-refractivity contribution is -0.151. The van der Waals surface area contributed by atoms with Gasteiger partial charge in [0.05, 0.1) is 0 Å². The number of amides is 2. The van der Waals surface area contributed by atoms with Crippen LogP contribution in [-0.4, -0.2) is 52.2 Å². The van der Waals surface area contributed by atoms with Gasteiger partial charge in [0.25, 0.3) is 5.91 Å². The van der Waals surface area contributed by atoms with E-state index in [4.69, 9.17) is 10.8 Å². The maximum atomic E-state index is 11.4. The number of carbonyl (C=O) groups excluding carboxylic acids is 2. The van der Waals surface area contributed by atoms with E-state index in [-0.39, 0.29) is 0 Å². The lowest BCUT2D eigenvalue weighted by Gasteiger charge is -2.21. The van der Waals surface area contributed by atoms with Crippen LogP contribution in [0.25, 0.3) is 0 Å². The van der Waals surface area contributed by atoms with Crippen LogP contribution in [0.1, 0.15) is 12.8 Å². The molecule has 1 fully saturated rings. The van der Waals surface area contributed by atoms with Gasteiger partial charge in [0.15, 0.2) is 12.2 Å². The molecule has 1 aliphatic rings. The van der Waals surface area contributed by atoms with E-state index in [0.717, 1.165) is 12.8 Å². The third-order valence-corrected chi connectivity index (χ3v) is 2.26. The summed E-state index contributed by atoms with van der Waals surface area (Å²) < 4.78 is 0.